The van der Waals surface area contributed by atoms with Crippen molar-refractivity contribution in [3.8, 4) is 6.07 Å². The van der Waals surface area contributed by atoms with E-state index in [9.17, 15) is 0 Å². The SMILES string of the molecule is [2H]c1c(Br)c([2H])c(C([2H])([2H])[2H])c(Cc2ccnc(Cc3ccc(C#N)cc3)n2)c1C([2H])([2H])[2H]. The molecule has 0 aliphatic carbocycles. The van der Waals surface area contributed by atoms with Crippen molar-refractivity contribution in [2.75, 3.05) is 0 Å². The molecule has 0 spiro atoms. The summed E-state index contributed by atoms with van der Waals surface area (Å²) in [5, 5.41) is 8.93. The molecule has 4 heteroatoms. The van der Waals surface area contributed by atoms with Crippen molar-refractivity contribution in [2.45, 2.75) is 26.5 Å². The summed E-state index contributed by atoms with van der Waals surface area (Å²) in [5.41, 5.74) is 0.813. The molecule has 0 atom stereocenters. The number of aromatic nitrogens is 2. The third-order valence-corrected chi connectivity index (χ3v) is 4.04. The molecule has 0 saturated carbocycles. The molecule has 3 aromatic rings. The third kappa shape index (κ3) is 4.32. The zero-order valence-electron chi connectivity index (χ0n) is 21.1. The lowest BCUT2D eigenvalue weighted by molar-refractivity contribution is 0.912. The van der Waals surface area contributed by atoms with Crippen LogP contribution in [0.15, 0.2) is 53.1 Å². The first-order valence-corrected chi connectivity index (χ1v) is 8.24. The topological polar surface area (TPSA) is 49.6 Å². The molecule has 0 aliphatic rings. The molecule has 1 heterocycles. The number of hydrogen-bond donors (Lipinski definition) is 0. The van der Waals surface area contributed by atoms with Crippen molar-refractivity contribution < 1.29 is 11.0 Å². The van der Waals surface area contributed by atoms with E-state index in [1.807, 2.05) is 6.07 Å². The quantitative estimate of drug-likeness (QED) is 0.625. The summed E-state index contributed by atoms with van der Waals surface area (Å²) in [4.78, 5) is 8.69. The Morgan fingerprint density at radius 1 is 1.12 bits per heavy atom. The molecular formula is C21H18BrN3. The first kappa shape index (κ1) is 9.84. The average Bonchev–Trinajstić information content (AvgIpc) is 2.71. The first-order valence-electron chi connectivity index (χ1n) is 11.4. The van der Waals surface area contributed by atoms with Gasteiger partial charge in [0.05, 0.1) is 14.4 Å². The van der Waals surface area contributed by atoms with E-state index in [2.05, 4.69) is 25.9 Å². The lowest BCUT2D eigenvalue weighted by atomic mass is 9.98. The fourth-order valence-corrected chi connectivity index (χ4v) is 2.79. The number of rotatable bonds is 4. The highest BCUT2D eigenvalue weighted by Crippen LogP contribution is 2.22. The maximum absolute atomic E-state index is 8.93. The van der Waals surface area contributed by atoms with Gasteiger partial charge in [0.15, 0.2) is 0 Å². The summed E-state index contributed by atoms with van der Waals surface area (Å²) < 4.78 is 63.8. The lowest BCUT2D eigenvalue weighted by Crippen LogP contribution is -2.03. The first-order chi connectivity index (χ1) is 15.3. The van der Waals surface area contributed by atoms with Crippen molar-refractivity contribution in [1.82, 2.24) is 9.97 Å². The summed E-state index contributed by atoms with van der Waals surface area (Å²) >= 11 is 3.02. The Morgan fingerprint density at radius 2 is 1.84 bits per heavy atom. The number of benzene rings is 2. The van der Waals surface area contributed by atoms with Gasteiger partial charge in [-0.25, -0.2) is 9.97 Å². The van der Waals surface area contributed by atoms with E-state index in [-0.39, 0.29) is 16.5 Å². The molecule has 3 rings (SSSR count). The Morgan fingerprint density at radius 3 is 2.48 bits per heavy atom. The van der Waals surface area contributed by atoms with Crippen LogP contribution in [-0.4, -0.2) is 9.97 Å². The van der Waals surface area contributed by atoms with Gasteiger partial charge in [-0.3, -0.25) is 0 Å². The molecule has 3 nitrogen and oxygen atoms in total. The number of nitrogens with zero attached hydrogens (tertiary/aromatic N) is 3. The minimum Gasteiger partial charge on any atom is -0.241 e. The van der Waals surface area contributed by atoms with Gasteiger partial charge in [-0.05, 0) is 66.2 Å². The van der Waals surface area contributed by atoms with Gasteiger partial charge in [-0.15, -0.1) is 0 Å². The smallest absolute Gasteiger partial charge is 0.132 e. The van der Waals surface area contributed by atoms with Crippen LogP contribution >= 0.6 is 15.9 Å². The normalized spacial score (nSPS) is 16.2. The van der Waals surface area contributed by atoms with E-state index in [0.717, 1.165) is 5.56 Å². The number of halogens is 1. The van der Waals surface area contributed by atoms with Gasteiger partial charge in [0.1, 0.15) is 5.82 Å². The number of hydrogen-bond acceptors (Lipinski definition) is 3. The predicted molar refractivity (Wildman–Crippen MR) is 102 cm³/mol. The third-order valence-electron chi connectivity index (χ3n) is 3.64. The van der Waals surface area contributed by atoms with E-state index in [4.69, 9.17) is 16.2 Å². The average molecular weight is 400 g/mol. The summed E-state index contributed by atoms with van der Waals surface area (Å²) in [5.74, 6) is 0.428. The Kier molecular flexibility index (Phi) is 2.99. The molecule has 0 radical (unpaired) electrons. The summed E-state index contributed by atoms with van der Waals surface area (Å²) in [6, 6.07) is 9.64. The highest BCUT2D eigenvalue weighted by atomic mass is 79.9. The van der Waals surface area contributed by atoms with E-state index in [1.165, 1.54) is 6.20 Å². The fourth-order valence-electron chi connectivity index (χ4n) is 2.39. The molecule has 2 aromatic carbocycles. The molecule has 0 N–H and O–H groups in total. The molecule has 25 heavy (non-hydrogen) atoms. The zero-order valence-corrected chi connectivity index (χ0v) is 14.7. The van der Waals surface area contributed by atoms with Gasteiger partial charge >= 0.3 is 0 Å². The monoisotopic (exact) mass is 399 g/mol. The van der Waals surface area contributed by atoms with Crippen LogP contribution in [0.2, 0.25) is 0 Å². The minimum atomic E-state index is -2.76. The van der Waals surface area contributed by atoms with Crippen LogP contribution < -0.4 is 0 Å². The molecule has 1 aromatic heterocycles. The van der Waals surface area contributed by atoms with Crippen LogP contribution in [0.3, 0.4) is 0 Å². The molecule has 124 valence electrons. The van der Waals surface area contributed by atoms with E-state index in [1.54, 1.807) is 30.3 Å². The Hall–Kier alpha value is -2.51. The second kappa shape index (κ2) is 7.58. The van der Waals surface area contributed by atoms with E-state index in [0.29, 0.717) is 23.5 Å². The molecule has 0 aliphatic heterocycles. The van der Waals surface area contributed by atoms with Gasteiger partial charge < -0.3 is 0 Å². The molecule has 0 fully saturated rings. The van der Waals surface area contributed by atoms with Crippen LogP contribution in [0.25, 0.3) is 0 Å². The zero-order chi connectivity index (χ0) is 24.6. The van der Waals surface area contributed by atoms with E-state index >= 15 is 0 Å². The van der Waals surface area contributed by atoms with Gasteiger partial charge in [0.25, 0.3) is 0 Å². The highest BCUT2D eigenvalue weighted by molar-refractivity contribution is 9.10. The number of nitriles is 1. The van der Waals surface area contributed by atoms with Crippen molar-refractivity contribution >= 4 is 15.9 Å². The molecule has 0 amide bonds. The van der Waals surface area contributed by atoms with Crippen LogP contribution in [0.5, 0.6) is 0 Å². The summed E-state index contributed by atoms with van der Waals surface area (Å²) in [6.45, 7) is -5.53. The largest absolute Gasteiger partial charge is 0.241 e. The summed E-state index contributed by atoms with van der Waals surface area (Å²) in [6.07, 6.45) is 1.66. The lowest BCUT2D eigenvalue weighted by Gasteiger charge is -2.11. The Balaban J connectivity index is 2.09. The Bertz CT molecular complexity index is 1190. The molecule has 0 bridgehead atoms. The van der Waals surface area contributed by atoms with Gasteiger partial charge in [-0.2, -0.15) is 5.26 Å². The Labute approximate surface area is 167 Å². The molecular weight excluding hydrogens is 374 g/mol. The van der Waals surface area contributed by atoms with Gasteiger partial charge in [-0.1, -0.05) is 28.1 Å². The van der Waals surface area contributed by atoms with Crippen LogP contribution in [0.1, 0.15) is 50.3 Å². The summed E-state index contributed by atoms with van der Waals surface area (Å²) in [7, 11) is 0. The van der Waals surface area contributed by atoms with Crippen molar-refractivity contribution in [3.05, 3.63) is 92.4 Å². The standard InChI is InChI=1S/C21H18BrN3/c1-14-9-18(22)10-15(2)20(14)12-19-7-8-24-21(25-19)11-16-3-5-17(13-23)6-4-16/h3-10H,11-12H2,1-2H3/i1D3,2D3,9D,10D. The van der Waals surface area contributed by atoms with Crippen LogP contribution in [-0.2, 0) is 12.8 Å². The van der Waals surface area contributed by atoms with Crippen molar-refractivity contribution in [1.29, 1.82) is 5.26 Å². The van der Waals surface area contributed by atoms with Crippen LogP contribution in [0.4, 0.5) is 0 Å². The fraction of sp³-hybridized carbons (Fsp3) is 0.190. The predicted octanol–water partition coefficient (Wildman–Crippen LogP) is 4.91. The van der Waals surface area contributed by atoms with Crippen molar-refractivity contribution in [2.24, 2.45) is 0 Å². The molecule has 0 saturated heterocycles. The second-order valence-corrected chi connectivity index (χ2v) is 6.21. The second-order valence-electron chi connectivity index (χ2n) is 5.42. The molecule has 0 unspecified atom stereocenters. The van der Waals surface area contributed by atoms with Crippen molar-refractivity contribution in [3.63, 3.8) is 0 Å². The van der Waals surface area contributed by atoms with E-state index < -0.39 is 36.9 Å². The maximum atomic E-state index is 8.93. The highest BCUT2D eigenvalue weighted by Gasteiger charge is 2.08. The van der Waals surface area contributed by atoms with Gasteiger partial charge in [0, 0.05) is 37.4 Å². The minimum absolute atomic E-state index is 0.115. The maximum Gasteiger partial charge on any atom is 0.132 e. The van der Waals surface area contributed by atoms with Crippen LogP contribution in [0, 0.1) is 25.0 Å². The van der Waals surface area contributed by atoms with Gasteiger partial charge in [0.2, 0.25) is 0 Å².